The lowest BCUT2D eigenvalue weighted by molar-refractivity contribution is 0.0955. The van der Waals surface area contributed by atoms with E-state index in [0.29, 0.717) is 17.1 Å². The van der Waals surface area contributed by atoms with Gasteiger partial charge in [0, 0.05) is 17.1 Å². The minimum atomic E-state index is -0.0758. The summed E-state index contributed by atoms with van der Waals surface area (Å²) in [6.07, 6.45) is 0. The number of rotatable bonds is 2. The lowest BCUT2D eigenvalue weighted by Gasteiger charge is -2.03. The molecule has 0 aromatic heterocycles. The normalized spacial score (nSPS) is 9.77. The van der Waals surface area contributed by atoms with E-state index < -0.39 is 0 Å². The number of amides is 1. The minimum Gasteiger partial charge on any atom is -0.352 e. The largest absolute Gasteiger partial charge is 0.352 e. The van der Waals surface area contributed by atoms with Gasteiger partial charge < -0.3 is 5.32 Å². The van der Waals surface area contributed by atoms with E-state index in [9.17, 15) is 4.79 Å². The summed E-state index contributed by atoms with van der Waals surface area (Å²) in [6.45, 7) is 4.42. The molecule has 1 amide bonds. The van der Waals surface area contributed by atoms with Crippen molar-refractivity contribution < 1.29 is 4.79 Å². The predicted molar refractivity (Wildman–Crippen MR) is 54.2 cm³/mol. The van der Waals surface area contributed by atoms with Gasteiger partial charge in [-0.15, -0.1) is 0 Å². The van der Waals surface area contributed by atoms with Gasteiger partial charge in [-0.25, -0.2) is 0 Å². The van der Waals surface area contributed by atoms with E-state index in [1.54, 1.807) is 6.07 Å². The van der Waals surface area contributed by atoms with Gasteiger partial charge in [0.05, 0.1) is 0 Å². The van der Waals surface area contributed by atoms with Crippen molar-refractivity contribution in [2.75, 3.05) is 6.54 Å². The molecule has 1 rings (SSSR count). The van der Waals surface area contributed by atoms with Gasteiger partial charge in [0.25, 0.3) is 5.91 Å². The molecule has 13 heavy (non-hydrogen) atoms. The van der Waals surface area contributed by atoms with E-state index in [1.807, 2.05) is 26.0 Å². The molecule has 0 atom stereocenters. The molecule has 0 heterocycles. The molecule has 0 radical (unpaired) electrons. The van der Waals surface area contributed by atoms with E-state index in [2.05, 4.69) is 5.32 Å². The first kappa shape index (κ1) is 10.1. The van der Waals surface area contributed by atoms with Crippen LogP contribution in [0.4, 0.5) is 0 Å². The first-order chi connectivity index (χ1) is 6.13. The van der Waals surface area contributed by atoms with Crippen molar-refractivity contribution in [3.05, 3.63) is 34.3 Å². The Kier molecular flexibility index (Phi) is 3.32. The number of carbonyl (C=O) groups is 1. The van der Waals surface area contributed by atoms with E-state index in [1.165, 1.54) is 0 Å². The first-order valence-corrected chi connectivity index (χ1v) is 4.56. The zero-order valence-electron chi connectivity index (χ0n) is 7.73. The molecule has 0 aliphatic rings. The number of hydrogen-bond donors (Lipinski definition) is 1. The highest BCUT2D eigenvalue weighted by atomic mass is 35.5. The van der Waals surface area contributed by atoms with Gasteiger partial charge in [-0.1, -0.05) is 11.6 Å². The Balaban J connectivity index is 2.94. The van der Waals surface area contributed by atoms with Gasteiger partial charge in [0.2, 0.25) is 0 Å². The smallest absolute Gasteiger partial charge is 0.251 e. The molecule has 3 heteroatoms. The zero-order chi connectivity index (χ0) is 9.84. The van der Waals surface area contributed by atoms with Crippen molar-refractivity contribution in [2.24, 2.45) is 0 Å². The summed E-state index contributed by atoms with van der Waals surface area (Å²) in [5.74, 6) is -0.0758. The number of aryl methyl sites for hydroxylation is 1. The number of benzene rings is 1. The summed E-state index contributed by atoms with van der Waals surface area (Å²) in [7, 11) is 0. The van der Waals surface area contributed by atoms with Crippen molar-refractivity contribution in [3.8, 4) is 0 Å². The van der Waals surface area contributed by atoms with Crippen LogP contribution in [0.3, 0.4) is 0 Å². The van der Waals surface area contributed by atoms with Crippen molar-refractivity contribution in [3.63, 3.8) is 0 Å². The molecule has 0 aliphatic heterocycles. The fourth-order valence-electron chi connectivity index (χ4n) is 1.13. The maximum absolute atomic E-state index is 11.4. The van der Waals surface area contributed by atoms with Crippen molar-refractivity contribution in [2.45, 2.75) is 13.8 Å². The quantitative estimate of drug-likeness (QED) is 0.775. The Bertz CT molecular complexity index is 302. The molecule has 70 valence electrons. The lowest BCUT2D eigenvalue weighted by atomic mass is 10.1. The standard InChI is InChI=1S/C10H12ClNO/c1-3-12-10(13)8-4-7(2)5-9(11)6-8/h4-6H,3H2,1-2H3,(H,12,13). The van der Waals surface area contributed by atoms with Crippen LogP contribution in [0, 0.1) is 6.92 Å². The molecule has 0 aliphatic carbocycles. The average molecular weight is 198 g/mol. The van der Waals surface area contributed by atoms with Crippen LogP contribution in [-0.4, -0.2) is 12.5 Å². The Morgan fingerprint density at radius 2 is 2.15 bits per heavy atom. The lowest BCUT2D eigenvalue weighted by Crippen LogP contribution is -2.22. The number of halogens is 1. The Morgan fingerprint density at radius 3 is 2.69 bits per heavy atom. The van der Waals surface area contributed by atoms with Crippen LogP contribution in [0.25, 0.3) is 0 Å². The summed E-state index contributed by atoms with van der Waals surface area (Å²) in [4.78, 5) is 11.4. The number of nitrogens with one attached hydrogen (secondary N) is 1. The van der Waals surface area contributed by atoms with Gasteiger partial charge in [-0.3, -0.25) is 4.79 Å². The second-order valence-electron chi connectivity index (χ2n) is 2.88. The maximum atomic E-state index is 11.4. The molecule has 0 saturated carbocycles. The maximum Gasteiger partial charge on any atom is 0.251 e. The third-order valence-electron chi connectivity index (χ3n) is 1.64. The van der Waals surface area contributed by atoms with Crippen LogP contribution >= 0.6 is 11.6 Å². The summed E-state index contributed by atoms with van der Waals surface area (Å²) in [5, 5.41) is 3.32. The molecule has 1 aromatic carbocycles. The van der Waals surface area contributed by atoms with Gasteiger partial charge in [-0.2, -0.15) is 0 Å². The molecule has 1 N–H and O–H groups in total. The van der Waals surface area contributed by atoms with Crippen molar-refractivity contribution in [1.29, 1.82) is 0 Å². The van der Waals surface area contributed by atoms with Gasteiger partial charge in [0.1, 0.15) is 0 Å². The van der Waals surface area contributed by atoms with Crippen LogP contribution < -0.4 is 5.32 Å². The topological polar surface area (TPSA) is 29.1 Å². The molecular weight excluding hydrogens is 186 g/mol. The van der Waals surface area contributed by atoms with Crippen molar-refractivity contribution >= 4 is 17.5 Å². The molecule has 1 aromatic rings. The zero-order valence-corrected chi connectivity index (χ0v) is 8.48. The fraction of sp³-hybridized carbons (Fsp3) is 0.300. The fourth-order valence-corrected chi connectivity index (χ4v) is 1.42. The van der Waals surface area contributed by atoms with E-state index in [4.69, 9.17) is 11.6 Å². The average Bonchev–Trinajstić information content (AvgIpc) is 2.03. The minimum absolute atomic E-state index is 0.0758. The number of carbonyl (C=O) groups excluding carboxylic acids is 1. The van der Waals surface area contributed by atoms with Crippen molar-refractivity contribution in [1.82, 2.24) is 5.32 Å². The van der Waals surface area contributed by atoms with Crippen LogP contribution in [0.15, 0.2) is 18.2 Å². The molecule has 2 nitrogen and oxygen atoms in total. The third kappa shape index (κ3) is 2.74. The molecular formula is C10H12ClNO. The Hall–Kier alpha value is -1.02. The predicted octanol–water partition coefficient (Wildman–Crippen LogP) is 2.40. The van der Waals surface area contributed by atoms with Gasteiger partial charge >= 0.3 is 0 Å². The van der Waals surface area contributed by atoms with Crippen LogP contribution in [0.1, 0.15) is 22.8 Å². The Labute approximate surface area is 82.9 Å². The Morgan fingerprint density at radius 1 is 1.46 bits per heavy atom. The molecule has 0 unspecified atom stereocenters. The van der Waals surface area contributed by atoms with E-state index in [0.717, 1.165) is 5.56 Å². The second-order valence-corrected chi connectivity index (χ2v) is 3.31. The van der Waals surface area contributed by atoms with Gasteiger partial charge in [-0.05, 0) is 37.6 Å². The summed E-state index contributed by atoms with van der Waals surface area (Å²) >= 11 is 5.81. The highest BCUT2D eigenvalue weighted by molar-refractivity contribution is 6.31. The molecule has 0 bridgehead atoms. The second kappa shape index (κ2) is 4.28. The summed E-state index contributed by atoms with van der Waals surface area (Å²) in [5.41, 5.74) is 1.61. The molecule has 0 fully saturated rings. The highest BCUT2D eigenvalue weighted by Crippen LogP contribution is 2.14. The highest BCUT2D eigenvalue weighted by Gasteiger charge is 2.04. The third-order valence-corrected chi connectivity index (χ3v) is 1.86. The first-order valence-electron chi connectivity index (χ1n) is 4.19. The van der Waals surface area contributed by atoms with E-state index in [-0.39, 0.29) is 5.91 Å². The van der Waals surface area contributed by atoms with Crippen LogP contribution in [0.2, 0.25) is 5.02 Å². The van der Waals surface area contributed by atoms with E-state index >= 15 is 0 Å². The van der Waals surface area contributed by atoms with Gasteiger partial charge in [0.15, 0.2) is 0 Å². The summed E-state index contributed by atoms with van der Waals surface area (Å²) < 4.78 is 0. The SMILES string of the molecule is CCNC(=O)c1cc(C)cc(Cl)c1. The number of hydrogen-bond acceptors (Lipinski definition) is 1. The summed E-state index contributed by atoms with van der Waals surface area (Å²) in [6, 6.07) is 5.31. The molecule has 0 spiro atoms. The van der Waals surface area contributed by atoms with Crippen LogP contribution in [0.5, 0.6) is 0 Å². The molecule has 0 saturated heterocycles. The van der Waals surface area contributed by atoms with Crippen LogP contribution in [-0.2, 0) is 0 Å². The monoisotopic (exact) mass is 197 g/mol.